The van der Waals surface area contributed by atoms with Crippen molar-refractivity contribution in [3.05, 3.63) is 27.1 Å². The van der Waals surface area contributed by atoms with Gasteiger partial charge in [-0.15, -0.1) is 0 Å². The number of carbonyl (C=O) groups excluding carboxylic acids is 1. The molecule has 2 aromatic heterocycles. The first-order valence-electron chi connectivity index (χ1n) is 4.20. The number of halogens is 2. The fourth-order valence-corrected chi connectivity index (χ4v) is 1.70. The maximum absolute atomic E-state index is 11.2. The summed E-state index contributed by atoms with van der Waals surface area (Å²) >= 11 is 6.50. The summed E-state index contributed by atoms with van der Waals surface area (Å²) in [6, 6.07) is 1.74. The Bertz CT molecular complexity index is 513. The van der Waals surface area contributed by atoms with Crippen LogP contribution in [0.25, 0.3) is 11.6 Å². The second-order valence-electron chi connectivity index (χ2n) is 2.87. The number of hydrogen-bond donors (Lipinski definition) is 1. The molecule has 2 aromatic rings. The van der Waals surface area contributed by atoms with Gasteiger partial charge in [0.05, 0.1) is 17.8 Å². The van der Waals surface area contributed by atoms with Crippen molar-refractivity contribution in [2.24, 2.45) is 0 Å². The van der Waals surface area contributed by atoms with Gasteiger partial charge in [0.15, 0.2) is 16.3 Å². The van der Waals surface area contributed by atoms with Crippen LogP contribution in [0.5, 0.6) is 0 Å². The molecule has 84 valence electrons. The lowest BCUT2D eigenvalue weighted by atomic mass is 10.4. The highest BCUT2D eigenvalue weighted by molar-refractivity contribution is 9.13. The fourth-order valence-electron chi connectivity index (χ4n) is 1.12. The van der Waals surface area contributed by atoms with Crippen molar-refractivity contribution in [2.75, 3.05) is 7.11 Å². The van der Waals surface area contributed by atoms with Crippen LogP contribution in [0.4, 0.5) is 0 Å². The van der Waals surface area contributed by atoms with E-state index in [1.165, 1.54) is 13.3 Å². The molecule has 0 atom stereocenters. The van der Waals surface area contributed by atoms with E-state index in [0.29, 0.717) is 16.3 Å². The zero-order chi connectivity index (χ0) is 11.7. The molecule has 7 heteroatoms. The standard InChI is InChI=1S/C9H6Br2N2O3/c1-15-9(14)5-3-12-8(13-5)6-2-4(10)7(11)16-6/h2-3H,1H3,(H,12,13). The summed E-state index contributed by atoms with van der Waals surface area (Å²) in [5.74, 6) is 0.518. The van der Waals surface area contributed by atoms with Crippen molar-refractivity contribution in [2.45, 2.75) is 0 Å². The molecule has 16 heavy (non-hydrogen) atoms. The Labute approximate surface area is 107 Å². The summed E-state index contributed by atoms with van der Waals surface area (Å²) in [5.41, 5.74) is 0.279. The zero-order valence-electron chi connectivity index (χ0n) is 8.08. The lowest BCUT2D eigenvalue weighted by Crippen LogP contribution is -2.00. The third kappa shape index (κ3) is 2.05. The van der Waals surface area contributed by atoms with E-state index in [-0.39, 0.29) is 5.69 Å². The Kier molecular flexibility index (Phi) is 3.15. The zero-order valence-corrected chi connectivity index (χ0v) is 11.3. The average molecular weight is 350 g/mol. The second-order valence-corrected chi connectivity index (χ2v) is 4.44. The molecule has 0 saturated carbocycles. The van der Waals surface area contributed by atoms with Gasteiger partial charge in [-0.1, -0.05) is 0 Å². The molecule has 2 heterocycles. The predicted octanol–water partition coefficient (Wildman–Crippen LogP) is 2.98. The number of aromatic amines is 1. The number of nitrogens with one attached hydrogen (secondary N) is 1. The molecule has 0 saturated heterocycles. The SMILES string of the molecule is COC(=O)c1cnc(-c2cc(Br)c(Br)o2)[nH]1. The molecular formula is C9H6Br2N2O3. The van der Waals surface area contributed by atoms with Crippen LogP contribution in [0.15, 0.2) is 25.8 Å². The van der Waals surface area contributed by atoms with E-state index in [1.54, 1.807) is 6.07 Å². The largest absolute Gasteiger partial charge is 0.464 e. The average Bonchev–Trinajstić information content (AvgIpc) is 2.86. The smallest absolute Gasteiger partial charge is 0.356 e. The van der Waals surface area contributed by atoms with E-state index in [4.69, 9.17) is 4.42 Å². The summed E-state index contributed by atoms with van der Waals surface area (Å²) in [6.45, 7) is 0. The van der Waals surface area contributed by atoms with E-state index in [0.717, 1.165) is 4.47 Å². The van der Waals surface area contributed by atoms with E-state index in [2.05, 4.69) is 46.6 Å². The first-order valence-corrected chi connectivity index (χ1v) is 5.79. The van der Waals surface area contributed by atoms with Crippen LogP contribution in [-0.2, 0) is 4.74 Å². The summed E-state index contributed by atoms with van der Waals surface area (Å²) in [5, 5.41) is 0. The molecule has 0 aromatic carbocycles. The molecule has 0 amide bonds. The van der Waals surface area contributed by atoms with Crippen molar-refractivity contribution in [3.63, 3.8) is 0 Å². The summed E-state index contributed by atoms with van der Waals surface area (Å²) in [7, 11) is 1.31. The number of aromatic nitrogens is 2. The summed E-state index contributed by atoms with van der Waals surface area (Å²) < 4.78 is 11.3. The van der Waals surface area contributed by atoms with Crippen LogP contribution in [0.3, 0.4) is 0 Å². The molecule has 0 fully saturated rings. The van der Waals surface area contributed by atoms with Gasteiger partial charge in [-0.05, 0) is 31.9 Å². The van der Waals surface area contributed by atoms with Crippen molar-refractivity contribution in [1.82, 2.24) is 9.97 Å². The van der Waals surface area contributed by atoms with Gasteiger partial charge >= 0.3 is 5.97 Å². The number of H-pyrrole nitrogens is 1. The summed E-state index contributed by atoms with van der Waals surface area (Å²) in [4.78, 5) is 18.0. The molecule has 0 aliphatic heterocycles. The van der Waals surface area contributed by atoms with E-state index in [1.807, 2.05) is 0 Å². The van der Waals surface area contributed by atoms with Gasteiger partial charge in [0, 0.05) is 6.07 Å². The highest BCUT2D eigenvalue weighted by atomic mass is 79.9. The molecule has 5 nitrogen and oxygen atoms in total. The van der Waals surface area contributed by atoms with Gasteiger partial charge in [-0.25, -0.2) is 9.78 Å². The highest BCUT2D eigenvalue weighted by Gasteiger charge is 2.14. The maximum atomic E-state index is 11.2. The van der Waals surface area contributed by atoms with Gasteiger partial charge in [-0.3, -0.25) is 0 Å². The first-order chi connectivity index (χ1) is 7.61. The molecule has 0 spiro atoms. The predicted molar refractivity (Wildman–Crippen MR) is 63.0 cm³/mol. The van der Waals surface area contributed by atoms with Crippen molar-refractivity contribution < 1.29 is 13.9 Å². The number of methoxy groups -OCH3 is 1. The van der Waals surface area contributed by atoms with E-state index >= 15 is 0 Å². The monoisotopic (exact) mass is 348 g/mol. The molecule has 0 bridgehead atoms. The molecule has 0 unspecified atom stereocenters. The number of ether oxygens (including phenoxy) is 1. The number of furan rings is 1. The van der Waals surface area contributed by atoms with Crippen molar-refractivity contribution >= 4 is 37.8 Å². The van der Waals surface area contributed by atoms with Gasteiger partial charge in [0.25, 0.3) is 0 Å². The Morgan fingerprint density at radius 3 is 2.88 bits per heavy atom. The molecule has 2 rings (SSSR count). The molecule has 1 N–H and O–H groups in total. The van der Waals surface area contributed by atoms with Gasteiger partial charge in [0.2, 0.25) is 0 Å². The van der Waals surface area contributed by atoms with Crippen molar-refractivity contribution in [3.8, 4) is 11.6 Å². The first kappa shape index (κ1) is 11.4. The Hall–Kier alpha value is -1.08. The third-order valence-electron chi connectivity index (χ3n) is 1.86. The third-order valence-corrected chi connectivity index (χ3v) is 3.57. The lowest BCUT2D eigenvalue weighted by molar-refractivity contribution is 0.0595. The number of esters is 1. The number of rotatable bonds is 2. The van der Waals surface area contributed by atoms with Crippen LogP contribution in [0.2, 0.25) is 0 Å². The minimum atomic E-state index is -0.469. The normalized spacial score (nSPS) is 10.4. The number of nitrogens with zero attached hydrogens (tertiary/aromatic N) is 1. The topological polar surface area (TPSA) is 68.1 Å². The maximum Gasteiger partial charge on any atom is 0.356 e. The Morgan fingerprint density at radius 2 is 2.31 bits per heavy atom. The molecule has 0 aliphatic carbocycles. The van der Waals surface area contributed by atoms with Gasteiger partial charge in [-0.2, -0.15) is 0 Å². The number of carbonyl (C=O) groups is 1. The Morgan fingerprint density at radius 1 is 1.56 bits per heavy atom. The highest BCUT2D eigenvalue weighted by Crippen LogP contribution is 2.31. The van der Waals surface area contributed by atoms with Crippen LogP contribution >= 0.6 is 31.9 Å². The van der Waals surface area contributed by atoms with Gasteiger partial charge < -0.3 is 14.1 Å². The van der Waals surface area contributed by atoms with Crippen molar-refractivity contribution in [1.29, 1.82) is 0 Å². The van der Waals surface area contributed by atoms with Crippen LogP contribution < -0.4 is 0 Å². The van der Waals surface area contributed by atoms with Crippen LogP contribution in [-0.4, -0.2) is 23.0 Å². The van der Waals surface area contributed by atoms with E-state index in [9.17, 15) is 4.79 Å². The molecule has 0 radical (unpaired) electrons. The van der Waals surface area contributed by atoms with E-state index < -0.39 is 5.97 Å². The summed E-state index contributed by atoms with van der Waals surface area (Å²) in [6.07, 6.45) is 1.39. The fraction of sp³-hybridized carbons (Fsp3) is 0.111. The minimum absolute atomic E-state index is 0.279. The lowest BCUT2D eigenvalue weighted by Gasteiger charge is -1.92. The second kappa shape index (κ2) is 4.42. The van der Waals surface area contributed by atoms with Gasteiger partial charge in [0.1, 0.15) is 5.69 Å². The minimum Gasteiger partial charge on any atom is -0.464 e. The van der Waals surface area contributed by atoms with Crippen LogP contribution in [0, 0.1) is 0 Å². The van der Waals surface area contributed by atoms with Crippen LogP contribution in [0.1, 0.15) is 10.5 Å². The molecule has 0 aliphatic rings. The quantitative estimate of drug-likeness (QED) is 0.846. The Balaban J connectivity index is 2.35. The number of imidazole rings is 1. The molecular weight excluding hydrogens is 344 g/mol. The number of hydrogen-bond acceptors (Lipinski definition) is 4.